The van der Waals surface area contributed by atoms with Crippen molar-refractivity contribution < 1.29 is 39.9 Å². The van der Waals surface area contributed by atoms with Gasteiger partial charge in [-0.1, -0.05) is 12.1 Å². The first-order valence-corrected chi connectivity index (χ1v) is 9.98. The van der Waals surface area contributed by atoms with Gasteiger partial charge in [0.2, 0.25) is 0 Å². The monoisotopic (exact) mass is 432 g/mol. The van der Waals surface area contributed by atoms with E-state index in [1.165, 1.54) is 6.92 Å². The van der Waals surface area contributed by atoms with Crippen LogP contribution in [0.4, 0.5) is 22.0 Å². The molecule has 0 spiro atoms. The van der Waals surface area contributed by atoms with E-state index in [-0.39, 0.29) is 22.3 Å². The average molecular weight is 432 g/mol. The Kier molecular flexibility index (Phi) is 5.02. The predicted molar refractivity (Wildman–Crippen MR) is 93.4 cm³/mol. The number of aryl methyl sites for hydroxylation is 1. The van der Waals surface area contributed by atoms with E-state index in [1.807, 2.05) is 0 Å². The lowest BCUT2D eigenvalue weighted by atomic mass is 9.94. The Morgan fingerprint density at radius 1 is 1.03 bits per heavy atom. The Bertz CT molecular complexity index is 1160. The van der Waals surface area contributed by atoms with Gasteiger partial charge in [0.15, 0.2) is 9.84 Å². The van der Waals surface area contributed by atoms with E-state index >= 15 is 0 Å². The number of carbonyl (C=O) groups is 1. The third-order valence-electron chi connectivity index (χ3n) is 4.42. The molecule has 2 aromatic carbocycles. The highest BCUT2D eigenvalue weighted by Gasteiger charge is 2.34. The molecule has 10 heteroatoms. The summed E-state index contributed by atoms with van der Waals surface area (Å²) < 4.78 is 95.6. The van der Waals surface area contributed by atoms with E-state index in [2.05, 4.69) is 0 Å². The average Bonchev–Trinajstić information content (AvgIpc) is 2.95. The molecule has 0 aromatic heterocycles. The van der Waals surface area contributed by atoms with Gasteiger partial charge in [-0.25, -0.2) is 22.0 Å². The highest BCUT2D eigenvalue weighted by molar-refractivity contribution is 7.90. The van der Waals surface area contributed by atoms with Crippen molar-refractivity contribution in [3.05, 3.63) is 64.2 Å². The molecule has 0 amide bonds. The lowest BCUT2D eigenvalue weighted by molar-refractivity contribution is -0.138. The van der Waals surface area contributed by atoms with E-state index in [9.17, 15) is 35.2 Å². The van der Waals surface area contributed by atoms with Crippen LogP contribution in [0.5, 0.6) is 0 Å². The van der Waals surface area contributed by atoms with E-state index in [4.69, 9.17) is 4.74 Å². The Balaban J connectivity index is 2.20. The maximum Gasteiger partial charge on any atom is 0.416 e. The van der Waals surface area contributed by atoms with Gasteiger partial charge in [-0.15, -0.1) is 0 Å². The quantitative estimate of drug-likeness (QED) is 0.540. The topological polar surface area (TPSA) is 60.4 Å². The standard InChI is InChI=1S/C19H13F5O4S/c1-9-5-10(3-4-13(9)19(22,23)24)17-12(8-28-18(17)25)11-6-15(21)16(7-14(11)20)29(2,26)27/h3-7H,8H2,1-2H3. The van der Waals surface area contributed by atoms with E-state index in [1.54, 1.807) is 0 Å². The molecule has 29 heavy (non-hydrogen) atoms. The normalized spacial score (nSPS) is 15.1. The molecule has 4 nitrogen and oxygen atoms in total. The Labute approximate surface area is 162 Å². The molecule has 154 valence electrons. The lowest BCUT2D eigenvalue weighted by Gasteiger charge is -2.12. The number of alkyl halides is 3. The highest BCUT2D eigenvalue weighted by Crippen LogP contribution is 2.38. The van der Waals surface area contributed by atoms with E-state index < -0.39 is 56.2 Å². The number of rotatable bonds is 3. The molecule has 0 saturated heterocycles. The van der Waals surface area contributed by atoms with Crippen LogP contribution in [0.2, 0.25) is 0 Å². The Morgan fingerprint density at radius 2 is 1.69 bits per heavy atom. The zero-order valence-electron chi connectivity index (χ0n) is 15.0. The number of hydrogen-bond donors (Lipinski definition) is 0. The van der Waals surface area contributed by atoms with Crippen LogP contribution in [0.3, 0.4) is 0 Å². The molecular formula is C19H13F5O4S. The molecule has 0 aliphatic carbocycles. The SMILES string of the molecule is Cc1cc(C2=C(c3cc(F)c(S(C)(=O)=O)cc3F)COC2=O)ccc1C(F)(F)F. The maximum atomic E-state index is 14.5. The van der Waals surface area contributed by atoms with Gasteiger partial charge in [-0.2, -0.15) is 13.2 Å². The lowest BCUT2D eigenvalue weighted by Crippen LogP contribution is -2.08. The third-order valence-corrected chi connectivity index (χ3v) is 5.53. The molecule has 2 aromatic rings. The molecular weight excluding hydrogens is 419 g/mol. The van der Waals surface area contributed by atoms with Crippen LogP contribution in [-0.4, -0.2) is 27.2 Å². The number of sulfone groups is 1. The van der Waals surface area contributed by atoms with Crippen LogP contribution in [0.25, 0.3) is 11.1 Å². The fraction of sp³-hybridized carbons (Fsp3) is 0.211. The third kappa shape index (κ3) is 3.89. The van der Waals surface area contributed by atoms with Crippen LogP contribution >= 0.6 is 0 Å². The Morgan fingerprint density at radius 3 is 2.24 bits per heavy atom. The first-order valence-electron chi connectivity index (χ1n) is 8.08. The summed E-state index contributed by atoms with van der Waals surface area (Å²) in [6, 6.07) is 4.04. The fourth-order valence-electron chi connectivity index (χ4n) is 3.09. The Hall–Kier alpha value is -2.75. The molecule has 0 bridgehead atoms. The van der Waals surface area contributed by atoms with Crippen molar-refractivity contribution in [1.82, 2.24) is 0 Å². The molecule has 0 radical (unpaired) electrons. The second kappa shape index (κ2) is 6.94. The van der Waals surface area contributed by atoms with Crippen LogP contribution in [0, 0.1) is 18.6 Å². The van der Waals surface area contributed by atoms with Gasteiger partial charge >= 0.3 is 12.1 Å². The summed E-state index contributed by atoms with van der Waals surface area (Å²) in [4.78, 5) is 11.3. The molecule has 1 heterocycles. The number of benzene rings is 2. The summed E-state index contributed by atoms with van der Waals surface area (Å²) >= 11 is 0. The van der Waals surface area contributed by atoms with Crippen LogP contribution in [0.1, 0.15) is 22.3 Å². The number of cyclic esters (lactones) is 1. The first-order chi connectivity index (χ1) is 13.3. The van der Waals surface area contributed by atoms with Gasteiger partial charge < -0.3 is 4.74 Å². The number of halogens is 5. The van der Waals surface area contributed by atoms with Crippen molar-refractivity contribution in [1.29, 1.82) is 0 Å². The van der Waals surface area contributed by atoms with Crippen molar-refractivity contribution in [2.24, 2.45) is 0 Å². The summed E-state index contributed by atoms with van der Waals surface area (Å²) in [6.45, 7) is 0.761. The van der Waals surface area contributed by atoms with Gasteiger partial charge in [0.25, 0.3) is 0 Å². The summed E-state index contributed by atoms with van der Waals surface area (Å²) in [5.74, 6) is -3.24. The molecule has 1 aliphatic heterocycles. The summed E-state index contributed by atoms with van der Waals surface area (Å²) in [6.07, 6.45) is -3.88. The molecule has 0 N–H and O–H groups in total. The van der Waals surface area contributed by atoms with Gasteiger partial charge in [-0.05, 0) is 36.2 Å². The highest BCUT2D eigenvalue weighted by atomic mass is 32.2. The maximum absolute atomic E-state index is 14.5. The smallest absolute Gasteiger partial charge is 0.416 e. The number of hydrogen-bond acceptors (Lipinski definition) is 4. The number of esters is 1. The fourth-order valence-corrected chi connectivity index (χ4v) is 3.82. The molecule has 0 unspecified atom stereocenters. The molecule has 0 saturated carbocycles. The van der Waals surface area contributed by atoms with Gasteiger partial charge in [0.1, 0.15) is 23.1 Å². The molecule has 3 rings (SSSR count). The summed E-state index contributed by atoms with van der Waals surface area (Å²) in [5.41, 5.74) is -1.74. The van der Waals surface area contributed by atoms with Crippen LogP contribution in [0.15, 0.2) is 35.2 Å². The summed E-state index contributed by atoms with van der Waals surface area (Å²) in [7, 11) is -4.03. The second-order valence-corrected chi connectivity index (χ2v) is 8.48. The molecule has 0 atom stereocenters. The minimum atomic E-state index is -4.59. The largest absolute Gasteiger partial charge is 0.457 e. The van der Waals surface area contributed by atoms with Crippen molar-refractivity contribution in [3.8, 4) is 0 Å². The van der Waals surface area contributed by atoms with Crippen molar-refractivity contribution in [2.75, 3.05) is 12.9 Å². The molecule has 0 fully saturated rings. The van der Waals surface area contributed by atoms with Crippen molar-refractivity contribution in [3.63, 3.8) is 0 Å². The zero-order chi connectivity index (χ0) is 21.7. The predicted octanol–water partition coefficient (Wildman–Crippen LogP) is 4.16. The van der Waals surface area contributed by atoms with E-state index in [0.29, 0.717) is 18.4 Å². The summed E-state index contributed by atoms with van der Waals surface area (Å²) in [5, 5.41) is 0. The van der Waals surface area contributed by atoms with Gasteiger partial charge in [0, 0.05) is 17.4 Å². The zero-order valence-corrected chi connectivity index (χ0v) is 15.8. The minimum absolute atomic E-state index is 0.0417. The van der Waals surface area contributed by atoms with Crippen molar-refractivity contribution in [2.45, 2.75) is 18.0 Å². The minimum Gasteiger partial charge on any atom is -0.457 e. The van der Waals surface area contributed by atoms with Gasteiger partial charge in [0.05, 0.1) is 11.1 Å². The van der Waals surface area contributed by atoms with Crippen molar-refractivity contribution >= 4 is 27.0 Å². The van der Waals surface area contributed by atoms with Crippen LogP contribution in [-0.2, 0) is 25.5 Å². The molecule has 1 aliphatic rings. The number of carbonyl (C=O) groups excluding carboxylic acids is 1. The van der Waals surface area contributed by atoms with E-state index in [0.717, 1.165) is 18.2 Å². The number of ether oxygens (including phenoxy) is 1. The second-order valence-electron chi connectivity index (χ2n) is 6.49. The first kappa shape index (κ1) is 21.0. The van der Waals surface area contributed by atoms with Gasteiger partial charge in [-0.3, -0.25) is 0 Å². The van der Waals surface area contributed by atoms with Crippen LogP contribution < -0.4 is 0 Å².